The van der Waals surface area contributed by atoms with Crippen molar-refractivity contribution < 1.29 is 4.57 Å². The van der Waals surface area contributed by atoms with E-state index < -0.39 is 0 Å². The van der Waals surface area contributed by atoms with E-state index in [4.69, 9.17) is 0 Å². The van der Waals surface area contributed by atoms with Crippen molar-refractivity contribution in [3.8, 4) is 11.4 Å². The van der Waals surface area contributed by atoms with E-state index in [-0.39, 0.29) is 0 Å². The first kappa shape index (κ1) is 19.8. The molecule has 4 heteroatoms. The first-order valence-corrected chi connectivity index (χ1v) is 9.80. The first-order chi connectivity index (χ1) is 12.8. The van der Waals surface area contributed by atoms with Gasteiger partial charge in [-0.05, 0) is 17.7 Å². The predicted molar refractivity (Wildman–Crippen MR) is 112 cm³/mol. The molecule has 26 heavy (non-hydrogen) atoms. The molecule has 2 aromatic rings. The minimum Gasteiger partial charge on any atom is -0.384 e. The van der Waals surface area contributed by atoms with Crippen LogP contribution in [0, 0.1) is 0 Å². The minimum absolute atomic E-state index is 0.503. The number of hydrogen-bond donors (Lipinski definition) is 1. The number of fused-ring (bicyclic) bond motifs is 3. The van der Waals surface area contributed by atoms with Gasteiger partial charge in [0, 0.05) is 25.7 Å². The quantitative estimate of drug-likeness (QED) is 0.779. The Balaban J connectivity index is 0.000000570. The molecule has 1 unspecified atom stereocenters. The summed E-state index contributed by atoms with van der Waals surface area (Å²) in [6.07, 6.45) is 10.7. The van der Waals surface area contributed by atoms with Crippen LogP contribution in [0.2, 0.25) is 0 Å². The summed E-state index contributed by atoms with van der Waals surface area (Å²) >= 11 is 0. The second kappa shape index (κ2) is 9.27. The molecule has 0 saturated heterocycles. The zero-order valence-electron chi connectivity index (χ0n) is 17.0. The average molecular weight is 354 g/mol. The van der Waals surface area contributed by atoms with Crippen LogP contribution in [0.1, 0.15) is 46.1 Å². The van der Waals surface area contributed by atoms with Crippen LogP contribution in [-0.2, 0) is 0 Å². The van der Waals surface area contributed by atoms with Crippen LogP contribution in [0.25, 0.3) is 17.1 Å². The molecule has 4 rings (SSSR count). The number of likely N-dealkylation sites (N-methyl/N-ethyl adjacent to an activating group) is 1. The number of allylic oxidation sites excluding steroid dienone is 2. The zero-order chi connectivity index (χ0) is 19.1. The summed E-state index contributed by atoms with van der Waals surface area (Å²) in [5, 5.41) is 5.59. The molecule has 1 atom stereocenters. The Kier molecular flexibility index (Phi) is 7.07. The molecule has 1 aromatic carbocycles. The maximum Gasteiger partial charge on any atom is 0.317 e. The molecule has 0 radical (unpaired) electrons. The lowest BCUT2D eigenvalue weighted by Crippen LogP contribution is -2.38. The van der Waals surface area contributed by atoms with Crippen molar-refractivity contribution in [2.75, 3.05) is 25.1 Å². The maximum atomic E-state index is 3.30. The molecular weight excluding hydrogens is 320 g/mol. The Morgan fingerprint density at radius 1 is 1.12 bits per heavy atom. The van der Waals surface area contributed by atoms with E-state index in [1.165, 1.54) is 17.0 Å². The minimum atomic E-state index is 0.503. The second-order valence-corrected chi connectivity index (χ2v) is 6.04. The molecule has 0 amide bonds. The Morgan fingerprint density at radius 2 is 1.85 bits per heavy atom. The molecule has 4 nitrogen and oxygen atoms in total. The van der Waals surface area contributed by atoms with Crippen LogP contribution >= 0.6 is 0 Å². The van der Waals surface area contributed by atoms with Crippen LogP contribution < -0.4 is 14.9 Å². The van der Waals surface area contributed by atoms with Crippen molar-refractivity contribution in [2.24, 2.45) is 0 Å². The molecule has 0 bridgehead atoms. The van der Waals surface area contributed by atoms with Gasteiger partial charge in [0.15, 0.2) is 6.20 Å². The average Bonchev–Trinajstić information content (AvgIpc) is 3.13. The van der Waals surface area contributed by atoms with Crippen LogP contribution in [0.3, 0.4) is 0 Å². The third kappa shape index (κ3) is 3.69. The van der Waals surface area contributed by atoms with E-state index in [0.29, 0.717) is 5.92 Å². The number of hydrogen-bond acceptors (Lipinski definition) is 2. The molecular formula is C22H33N4+. The Labute approximate surface area is 158 Å². The summed E-state index contributed by atoms with van der Waals surface area (Å²) in [7, 11) is 2.15. The molecule has 3 heterocycles. The van der Waals surface area contributed by atoms with Gasteiger partial charge in [-0.25, -0.2) is 5.01 Å². The highest BCUT2D eigenvalue weighted by atomic mass is 15.6. The summed E-state index contributed by atoms with van der Waals surface area (Å²) in [5.41, 5.74) is 3.89. The zero-order valence-corrected chi connectivity index (χ0v) is 17.0. The number of aromatic nitrogens is 2. The van der Waals surface area contributed by atoms with E-state index in [1.54, 1.807) is 0 Å². The highest BCUT2D eigenvalue weighted by Crippen LogP contribution is 2.31. The number of rotatable bonds is 1. The molecule has 1 aromatic heterocycles. The van der Waals surface area contributed by atoms with Gasteiger partial charge in [-0.1, -0.05) is 58.9 Å². The van der Waals surface area contributed by atoms with Gasteiger partial charge in [0.25, 0.3) is 0 Å². The molecule has 2 aliphatic rings. The molecule has 140 valence electrons. The van der Waals surface area contributed by atoms with Gasteiger partial charge < -0.3 is 5.32 Å². The normalized spacial score (nSPS) is 17.2. The van der Waals surface area contributed by atoms with Crippen LogP contribution in [0.15, 0.2) is 55.0 Å². The monoisotopic (exact) mass is 353 g/mol. The number of dihydropyridines is 1. The van der Waals surface area contributed by atoms with Crippen molar-refractivity contribution in [3.63, 3.8) is 0 Å². The standard InChI is InChI=1S/C18H21N4.2C2H6/c1-14-13-20(2)22-11-10-21(15-6-5-9-19-12-15)18(22)17-8-4-3-7-16(14)17;2*1-2/h3-8,10-12,14,19H,9,13H2,1-2H3;2*1-2H3/q+1;;. The highest BCUT2D eigenvalue weighted by molar-refractivity contribution is 5.63. The third-order valence-electron chi connectivity index (χ3n) is 4.49. The Hall–Kier alpha value is -2.49. The Bertz CT molecular complexity index is 770. The smallest absolute Gasteiger partial charge is 0.317 e. The van der Waals surface area contributed by atoms with Crippen molar-refractivity contribution in [3.05, 3.63) is 60.6 Å². The summed E-state index contributed by atoms with van der Waals surface area (Å²) < 4.78 is 4.52. The Morgan fingerprint density at radius 3 is 2.54 bits per heavy atom. The molecule has 0 spiro atoms. The lowest BCUT2D eigenvalue weighted by molar-refractivity contribution is -0.566. The fourth-order valence-corrected chi connectivity index (χ4v) is 3.44. The van der Waals surface area contributed by atoms with Crippen LogP contribution in [-0.4, -0.2) is 24.8 Å². The van der Waals surface area contributed by atoms with E-state index in [2.05, 4.69) is 88.6 Å². The number of benzene rings is 1. The number of nitrogens with one attached hydrogen (secondary N) is 1. The van der Waals surface area contributed by atoms with E-state index in [9.17, 15) is 0 Å². The van der Waals surface area contributed by atoms with Crippen molar-refractivity contribution in [1.82, 2.24) is 9.99 Å². The van der Waals surface area contributed by atoms with Gasteiger partial charge in [-0.3, -0.25) is 0 Å². The summed E-state index contributed by atoms with van der Waals surface area (Å²) in [4.78, 5) is 0. The molecule has 0 aliphatic carbocycles. The topological polar surface area (TPSA) is 24.1 Å². The van der Waals surface area contributed by atoms with E-state index in [1.807, 2.05) is 27.7 Å². The molecule has 2 aliphatic heterocycles. The summed E-state index contributed by atoms with van der Waals surface area (Å²) in [6.45, 7) is 12.2. The molecule has 0 saturated carbocycles. The van der Waals surface area contributed by atoms with E-state index >= 15 is 0 Å². The fourth-order valence-electron chi connectivity index (χ4n) is 3.44. The van der Waals surface area contributed by atoms with Crippen LogP contribution in [0.5, 0.6) is 0 Å². The third-order valence-corrected chi connectivity index (χ3v) is 4.49. The highest BCUT2D eigenvalue weighted by Gasteiger charge is 2.31. The van der Waals surface area contributed by atoms with Gasteiger partial charge in [0.1, 0.15) is 11.9 Å². The van der Waals surface area contributed by atoms with Gasteiger partial charge in [0.05, 0.1) is 12.1 Å². The first-order valence-electron chi connectivity index (χ1n) is 9.80. The lowest BCUT2D eigenvalue weighted by atomic mass is 9.95. The van der Waals surface area contributed by atoms with Gasteiger partial charge >= 0.3 is 5.82 Å². The van der Waals surface area contributed by atoms with Gasteiger partial charge in [-0.2, -0.15) is 4.57 Å². The van der Waals surface area contributed by atoms with Gasteiger partial charge in [0.2, 0.25) is 0 Å². The number of imidazole rings is 1. The maximum absolute atomic E-state index is 3.30. The van der Waals surface area contributed by atoms with E-state index in [0.717, 1.165) is 18.8 Å². The second-order valence-electron chi connectivity index (χ2n) is 6.04. The summed E-state index contributed by atoms with van der Waals surface area (Å²) in [5.74, 6) is 1.71. The largest absolute Gasteiger partial charge is 0.384 e. The fraction of sp³-hybridized carbons (Fsp3) is 0.409. The SMILES string of the molecule is CC.CC.CC1CN(C)n2cc[n+](C3=CNCC=C3)c2-c2ccccc21. The van der Waals surface area contributed by atoms with Crippen LogP contribution in [0.4, 0.5) is 0 Å². The van der Waals surface area contributed by atoms with Crippen molar-refractivity contribution in [2.45, 2.75) is 40.5 Å². The lowest BCUT2D eigenvalue weighted by Gasteiger charge is -2.16. The van der Waals surface area contributed by atoms with Gasteiger partial charge in [-0.15, -0.1) is 4.68 Å². The summed E-state index contributed by atoms with van der Waals surface area (Å²) in [6, 6.07) is 8.75. The molecule has 1 N–H and O–H groups in total. The predicted octanol–water partition coefficient (Wildman–Crippen LogP) is 4.14. The number of nitrogens with zero attached hydrogens (tertiary/aromatic N) is 3. The molecule has 0 fully saturated rings. The van der Waals surface area contributed by atoms with Crippen molar-refractivity contribution >= 4 is 5.70 Å². The van der Waals surface area contributed by atoms with Crippen molar-refractivity contribution in [1.29, 1.82) is 0 Å².